The summed E-state index contributed by atoms with van der Waals surface area (Å²) in [6, 6.07) is 0. The minimum absolute atomic E-state index is 0.303. The van der Waals surface area contributed by atoms with Crippen molar-refractivity contribution >= 4 is 18.0 Å². The van der Waals surface area contributed by atoms with E-state index in [1.54, 1.807) is 13.8 Å². The Balaban J connectivity index is 2.52. The summed E-state index contributed by atoms with van der Waals surface area (Å²) in [6.45, 7) is 6.19. The molecule has 0 bridgehead atoms. The van der Waals surface area contributed by atoms with E-state index >= 15 is 0 Å². The Morgan fingerprint density at radius 3 is 2.23 bits per heavy atom. The molecular weight excluding hydrogens is 290 g/mol. The molecule has 0 unspecified atom stereocenters. The standard InChI is InChI=1S/C15H25NO6/c1-9(2)12(17)21-10(3)22-14(20)16-15(4,13(18)19)8-11-6-5-7-11/h9-11H,5-8H2,1-4H3,(H,16,20)(H,18,19)/t10-,15+/m1/s1. The molecule has 0 aliphatic heterocycles. The molecule has 0 aromatic carbocycles. The molecule has 22 heavy (non-hydrogen) atoms. The van der Waals surface area contributed by atoms with Crippen molar-refractivity contribution in [3.8, 4) is 0 Å². The van der Waals surface area contributed by atoms with E-state index in [1.165, 1.54) is 13.8 Å². The lowest BCUT2D eigenvalue weighted by Gasteiger charge is -2.34. The second-order valence-electron chi connectivity index (χ2n) is 6.33. The molecule has 1 fully saturated rings. The van der Waals surface area contributed by atoms with Crippen LogP contribution in [0.2, 0.25) is 0 Å². The molecule has 1 aliphatic carbocycles. The predicted molar refractivity (Wildman–Crippen MR) is 78.0 cm³/mol. The number of carbonyl (C=O) groups is 3. The van der Waals surface area contributed by atoms with Crippen molar-refractivity contribution < 1.29 is 29.0 Å². The number of rotatable bonds is 7. The van der Waals surface area contributed by atoms with Gasteiger partial charge in [-0.15, -0.1) is 0 Å². The van der Waals surface area contributed by atoms with E-state index in [0.717, 1.165) is 19.3 Å². The fraction of sp³-hybridized carbons (Fsp3) is 0.800. The van der Waals surface area contributed by atoms with Crippen LogP contribution in [0.4, 0.5) is 4.79 Å². The van der Waals surface area contributed by atoms with Crippen molar-refractivity contribution in [3.63, 3.8) is 0 Å². The quantitative estimate of drug-likeness (QED) is 0.552. The molecule has 7 heteroatoms. The summed E-state index contributed by atoms with van der Waals surface area (Å²) in [5.74, 6) is -1.63. The fourth-order valence-corrected chi connectivity index (χ4v) is 2.20. The monoisotopic (exact) mass is 315 g/mol. The number of hydrogen-bond donors (Lipinski definition) is 2. The Morgan fingerprint density at radius 1 is 1.23 bits per heavy atom. The van der Waals surface area contributed by atoms with Crippen molar-refractivity contribution in [1.29, 1.82) is 0 Å². The van der Waals surface area contributed by atoms with Crippen LogP contribution >= 0.6 is 0 Å². The van der Waals surface area contributed by atoms with Crippen LogP contribution < -0.4 is 5.32 Å². The maximum absolute atomic E-state index is 11.8. The molecular formula is C15H25NO6. The van der Waals surface area contributed by atoms with Gasteiger partial charge in [0.1, 0.15) is 5.54 Å². The van der Waals surface area contributed by atoms with Crippen molar-refractivity contribution in [2.75, 3.05) is 0 Å². The average molecular weight is 315 g/mol. The van der Waals surface area contributed by atoms with Crippen LogP contribution in [0, 0.1) is 11.8 Å². The highest BCUT2D eigenvalue weighted by Gasteiger charge is 2.39. The fourth-order valence-electron chi connectivity index (χ4n) is 2.20. The zero-order valence-electron chi connectivity index (χ0n) is 13.5. The van der Waals surface area contributed by atoms with Crippen LogP contribution in [0.15, 0.2) is 0 Å². The first-order valence-electron chi connectivity index (χ1n) is 7.56. The minimum Gasteiger partial charge on any atom is -0.480 e. The zero-order chi connectivity index (χ0) is 16.9. The smallest absolute Gasteiger partial charge is 0.411 e. The van der Waals surface area contributed by atoms with Crippen LogP contribution in [0.1, 0.15) is 53.4 Å². The first-order chi connectivity index (χ1) is 10.1. The Labute approximate surface area is 130 Å². The van der Waals surface area contributed by atoms with E-state index < -0.39 is 29.9 Å². The average Bonchev–Trinajstić information content (AvgIpc) is 2.33. The number of carboxylic acid groups (broad SMARTS) is 1. The van der Waals surface area contributed by atoms with Crippen molar-refractivity contribution in [2.45, 2.75) is 65.2 Å². The van der Waals surface area contributed by atoms with Crippen LogP contribution in [0.5, 0.6) is 0 Å². The second kappa shape index (κ2) is 7.47. The summed E-state index contributed by atoms with van der Waals surface area (Å²) in [6.07, 6.45) is 1.42. The largest absolute Gasteiger partial charge is 0.480 e. The maximum atomic E-state index is 11.8. The Kier molecular flexibility index (Phi) is 6.20. The molecule has 0 aromatic rings. The molecule has 2 atom stereocenters. The van der Waals surface area contributed by atoms with Gasteiger partial charge in [-0.1, -0.05) is 33.1 Å². The number of alkyl carbamates (subject to hydrolysis) is 1. The van der Waals surface area contributed by atoms with Gasteiger partial charge in [-0.2, -0.15) is 0 Å². The number of amides is 1. The SMILES string of the molecule is CC(C)C(=O)O[C@@H](C)OC(=O)N[C@@](C)(CC1CCC1)C(=O)O. The number of aliphatic carboxylic acids is 1. The van der Waals surface area contributed by atoms with E-state index in [1.807, 2.05) is 0 Å². The van der Waals surface area contributed by atoms with E-state index in [4.69, 9.17) is 9.47 Å². The lowest BCUT2D eigenvalue weighted by molar-refractivity contribution is -0.169. The highest BCUT2D eigenvalue weighted by molar-refractivity contribution is 5.84. The third-order valence-corrected chi connectivity index (χ3v) is 3.80. The van der Waals surface area contributed by atoms with E-state index in [2.05, 4.69) is 5.32 Å². The van der Waals surface area contributed by atoms with E-state index in [0.29, 0.717) is 12.3 Å². The number of esters is 1. The first kappa shape index (κ1) is 18.3. The normalized spacial score (nSPS) is 18.8. The van der Waals surface area contributed by atoms with Crippen LogP contribution in [-0.2, 0) is 19.1 Å². The molecule has 7 nitrogen and oxygen atoms in total. The Bertz CT molecular complexity index is 432. The lowest BCUT2D eigenvalue weighted by Crippen LogP contribution is -2.54. The van der Waals surface area contributed by atoms with Crippen LogP contribution in [0.25, 0.3) is 0 Å². The van der Waals surface area contributed by atoms with E-state index in [-0.39, 0.29) is 5.92 Å². The number of hydrogen-bond acceptors (Lipinski definition) is 5. The number of ether oxygens (including phenoxy) is 2. The molecule has 1 amide bonds. The number of carboxylic acids is 1. The van der Waals surface area contributed by atoms with E-state index in [9.17, 15) is 19.5 Å². The summed E-state index contributed by atoms with van der Waals surface area (Å²) in [7, 11) is 0. The highest BCUT2D eigenvalue weighted by Crippen LogP contribution is 2.33. The van der Waals surface area contributed by atoms with Crippen LogP contribution in [-0.4, -0.2) is 35.0 Å². The highest BCUT2D eigenvalue weighted by atomic mass is 16.7. The van der Waals surface area contributed by atoms with Gasteiger partial charge in [0.15, 0.2) is 0 Å². The molecule has 0 radical (unpaired) electrons. The molecule has 0 saturated heterocycles. The van der Waals surface area contributed by atoms with Gasteiger partial charge in [-0.25, -0.2) is 9.59 Å². The van der Waals surface area contributed by atoms with Gasteiger partial charge in [-0.3, -0.25) is 4.79 Å². The molecule has 0 heterocycles. The summed E-state index contributed by atoms with van der Waals surface area (Å²) in [5.41, 5.74) is -1.38. The van der Waals surface area contributed by atoms with Gasteiger partial charge in [-0.05, 0) is 19.3 Å². The van der Waals surface area contributed by atoms with Crippen molar-refractivity contribution in [2.24, 2.45) is 11.8 Å². The summed E-state index contributed by atoms with van der Waals surface area (Å²) >= 11 is 0. The van der Waals surface area contributed by atoms with Gasteiger partial charge >= 0.3 is 18.0 Å². The molecule has 126 valence electrons. The predicted octanol–water partition coefficient (Wildman–Crippen LogP) is 2.29. The molecule has 2 N–H and O–H groups in total. The molecule has 1 aliphatic rings. The third kappa shape index (κ3) is 5.20. The topological polar surface area (TPSA) is 102 Å². The molecule has 1 saturated carbocycles. The van der Waals surface area contributed by atoms with Gasteiger partial charge < -0.3 is 19.9 Å². The zero-order valence-corrected chi connectivity index (χ0v) is 13.5. The van der Waals surface area contributed by atoms with Gasteiger partial charge in [0.25, 0.3) is 0 Å². The molecule has 0 aromatic heterocycles. The van der Waals surface area contributed by atoms with Crippen molar-refractivity contribution in [3.05, 3.63) is 0 Å². The Morgan fingerprint density at radius 2 is 1.82 bits per heavy atom. The third-order valence-electron chi connectivity index (χ3n) is 3.80. The lowest BCUT2D eigenvalue weighted by atomic mass is 9.76. The summed E-state index contributed by atoms with van der Waals surface area (Å²) in [5, 5.41) is 11.7. The van der Waals surface area contributed by atoms with Gasteiger partial charge in [0, 0.05) is 6.92 Å². The summed E-state index contributed by atoms with van der Waals surface area (Å²) in [4.78, 5) is 34.6. The van der Waals surface area contributed by atoms with Gasteiger partial charge in [0.05, 0.1) is 5.92 Å². The number of carbonyl (C=O) groups excluding carboxylic acids is 2. The Hall–Kier alpha value is -1.79. The first-order valence-corrected chi connectivity index (χ1v) is 7.56. The van der Waals surface area contributed by atoms with Crippen LogP contribution in [0.3, 0.4) is 0 Å². The number of nitrogens with one attached hydrogen (secondary N) is 1. The molecule has 0 spiro atoms. The summed E-state index contributed by atoms with van der Waals surface area (Å²) < 4.78 is 9.80. The maximum Gasteiger partial charge on any atom is 0.411 e. The second-order valence-corrected chi connectivity index (χ2v) is 6.33. The van der Waals surface area contributed by atoms with Crippen molar-refractivity contribution in [1.82, 2.24) is 5.32 Å². The van der Waals surface area contributed by atoms with Gasteiger partial charge in [0.2, 0.25) is 6.29 Å². The molecule has 1 rings (SSSR count). The minimum atomic E-state index is -1.38.